The molecule has 0 aromatic heterocycles. The van der Waals surface area contributed by atoms with Gasteiger partial charge in [-0.15, -0.1) is 0 Å². The number of phenolic OH excluding ortho intramolecular Hbond substituents is 2. The zero-order valence-corrected chi connectivity index (χ0v) is 15.5. The van der Waals surface area contributed by atoms with Crippen molar-refractivity contribution in [1.29, 1.82) is 0 Å². The molecule has 0 unspecified atom stereocenters. The largest absolute Gasteiger partial charge is 0.507 e. The van der Waals surface area contributed by atoms with Gasteiger partial charge < -0.3 is 10.2 Å². The second kappa shape index (κ2) is 11.8. The Morgan fingerprint density at radius 3 is 1.92 bits per heavy atom. The van der Waals surface area contributed by atoms with Crippen molar-refractivity contribution in [3.63, 3.8) is 0 Å². The molecule has 0 bridgehead atoms. The third-order valence-electron chi connectivity index (χ3n) is 4.41. The van der Waals surface area contributed by atoms with E-state index in [0.717, 1.165) is 24.0 Å². The summed E-state index contributed by atoms with van der Waals surface area (Å²) < 4.78 is 0. The minimum absolute atomic E-state index is 0.108. The molecule has 0 heterocycles. The van der Waals surface area contributed by atoms with Gasteiger partial charge in [-0.1, -0.05) is 82.6 Å². The molecule has 24 heavy (non-hydrogen) atoms. The number of aromatic hydroxyl groups is 2. The number of benzene rings is 1. The number of allylic oxidation sites excluding steroid dienone is 3. The first-order chi connectivity index (χ1) is 11.6. The molecule has 0 fully saturated rings. The van der Waals surface area contributed by atoms with Crippen molar-refractivity contribution in [2.75, 3.05) is 0 Å². The first kappa shape index (κ1) is 20.3. The van der Waals surface area contributed by atoms with Crippen molar-refractivity contribution in [2.24, 2.45) is 0 Å². The van der Waals surface area contributed by atoms with Gasteiger partial charge in [0.1, 0.15) is 11.5 Å². The average molecular weight is 331 g/mol. The molecule has 2 heteroatoms. The van der Waals surface area contributed by atoms with Gasteiger partial charge in [-0.05, 0) is 37.5 Å². The Kier molecular flexibility index (Phi) is 9.98. The molecule has 134 valence electrons. The van der Waals surface area contributed by atoms with E-state index < -0.39 is 0 Å². The SMILES string of the molecule is C=C(C)C(=CCCCCCCCCCCC)c1c(O)cccc1O. The molecule has 0 aliphatic carbocycles. The average Bonchev–Trinajstić information content (AvgIpc) is 2.54. The van der Waals surface area contributed by atoms with Crippen LogP contribution in [0.15, 0.2) is 36.4 Å². The Bertz CT molecular complexity index is 509. The van der Waals surface area contributed by atoms with E-state index in [1.165, 1.54) is 51.4 Å². The predicted molar refractivity (Wildman–Crippen MR) is 104 cm³/mol. The predicted octanol–water partition coefficient (Wildman–Crippen LogP) is 6.98. The highest BCUT2D eigenvalue weighted by atomic mass is 16.3. The van der Waals surface area contributed by atoms with Crippen LogP contribution in [-0.4, -0.2) is 10.2 Å². The van der Waals surface area contributed by atoms with E-state index in [-0.39, 0.29) is 11.5 Å². The maximum Gasteiger partial charge on any atom is 0.127 e. The lowest BCUT2D eigenvalue weighted by molar-refractivity contribution is 0.447. The molecule has 2 nitrogen and oxygen atoms in total. The molecular formula is C22H34O2. The van der Waals surface area contributed by atoms with Gasteiger partial charge in [0.05, 0.1) is 5.56 Å². The molecule has 1 aromatic rings. The second-order valence-corrected chi connectivity index (χ2v) is 6.69. The quantitative estimate of drug-likeness (QED) is 0.320. The van der Waals surface area contributed by atoms with Crippen LogP contribution in [0.3, 0.4) is 0 Å². The van der Waals surface area contributed by atoms with E-state index >= 15 is 0 Å². The van der Waals surface area contributed by atoms with E-state index in [0.29, 0.717) is 5.56 Å². The summed E-state index contributed by atoms with van der Waals surface area (Å²) in [6, 6.07) is 4.85. The van der Waals surface area contributed by atoms with Crippen molar-refractivity contribution in [3.05, 3.63) is 42.0 Å². The number of unbranched alkanes of at least 4 members (excludes halogenated alkanes) is 9. The molecule has 0 radical (unpaired) electrons. The lowest BCUT2D eigenvalue weighted by Gasteiger charge is -2.12. The Hall–Kier alpha value is -1.70. The fourth-order valence-electron chi connectivity index (χ4n) is 3.00. The van der Waals surface area contributed by atoms with Gasteiger partial charge >= 0.3 is 0 Å². The molecule has 0 saturated heterocycles. The highest BCUT2D eigenvalue weighted by Gasteiger charge is 2.12. The smallest absolute Gasteiger partial charge is 0.127 e. The van der Waals surface area contributed by atoms with Crippen molar-refractivity contribution < 1.29 is 10.2 Å². The highest BCUT2D eigenvalue weighted by molar-refractivity contribution is 5.84. The summed E-state index contributed by atoms with van der Waals surface area (Å²) in [6.45, 7) is 8.15. The van der Waals surface area contributed by atoms with Crippen LogP contribution in [0.1, 0.15) is 83.6 Å². The first-order valence-corrected chi connectivity index (χ1v) is 9.45. The van der Waals surface area contributed by atoms with E-state index in [1.54, 1.807) is 18.2 Å². The maximum absolute atomic E-state index is 10.0. The third kappa shape index (κ3) is 7.25. The van der Waals surface area contributed by atoms with Crippen LogP contribution in [0, 0.1) is 0 Å². The summed E-state index contributed by atoms with van der Waals surface area (Å²) in [6.07, 6.45) is 14.8. The van der Waals surface area contributed by atoms with Crippen LogP contribution >= 0.6 is 0 Å². The molecule has 1 aromatic carbocycles. The fourth-order valence-corrected chi connectivity index (χ4v) is 3.00. The zero-order valence-electron chi connectivity index (χ0n) is 15.5. The normalized spacial score (nSPS) is 11.7. The van der Waals surface area contributed by atoms with Crippen molar-refractivity contribution in [1.82, 2.24) is 0 Å². The second-order valence-electron chi connectivity index (χ2n) is 6.69. The van der Waals surface area contributed by atoms with Gasteiger partial charge in [-0.2, -0.15) is 0 Å². The van der Waals surface area contributed by atoms with Crippen molar-refractivity contribution in [2.45, 2.75) is 78.1 Å². The molecular weight excluding hydrogens is 296 g/mol. The van der Waals surface area contributed by atoms with Gasteiger partial charge in [0.15, 0.2) is 0 Å². The van der Waals surface area contributed by atoms with Crippen LogP contribution < -0.4 is 0 Å². The van der Waals surface area contributed by atoms with Crippen LogP contribution in [0.25, 0.3) is 5.57 Å². The Morgan fingerprint density at radius 2 is 1.42 bits per heavy atom. The number of hydrogen-bond acceptors (Lipinski definition) is 2. The third-order valence-corrected chi connectivity index (χ3v) is 4.41. The van der Waals surface area contributed by atoms with Gasteiger partial charge in [-0.3, -0.25) is 0 Å². The molecule has 2 N–H and O–H groups in total. The summed E-state index contributed by atoms with van der Waals surface area (Å²) in [5, 5.41) is 20.1. The molecule has 0 aliphatic heterocycles. The highest BCUT2D eigenvalue weighted by Crippen LogP contribution is 2.36. The lowest BCUT2D eigenvalue weighted by atomic mass is 9.96. The Balaban J connectivity index is 2.39. The molecule has 0 spiro atoms. The maximum atomic E-state index is 10.0. The molecule has 1 rings (SSSR count). The molecule has 0 amide bonds. The number of hydrogen-bond donors (Lipinski definition) is 2. The van der Waals surface area contributed by atoms with Crippen LogP contribution in [0.5, 0.6) is 11.5 Å². The standard InChI is InChI=1S/C22H34O2/c1-4-5-6-7-8-9-10-11-12-13-15-19(18(2)3)22-20(23)16-14-17-21(22)24/h14-17,23-24H,2,4-13H2,1,3H3. The van der Waals surface area contributed by atoms with Crippen LogP contribution in [-0.2, 0) is 0 Å². The summed E-state index contributed by atoms with van der Waals surface area (Å²) in [7, 11) is 0. The summed E-state index contributed by atoms with van der Waals surface area (Å²) in [4.78, 5) is 0. The Labute approximate surface area is 147 Å². The summed E-state index contributed by atoms with van der Waals surface area (Å²) in [5.74, 6) is 0.215. The van der Waals surface area contributed by atoms with Crippen molar-refractivity contribution >= 4 is 5.57 Å². The lowest BCUT2D eigenvalue weighted by Crippen LogP contribution is -1.89. The van der Waals surface area contributed by atoms with E-state index in [2.05, 4.69) is 19.6 Å². The van der Waals surface area contributed by atoms with Gasteiger partial charge in [0.25, 0.3) is 0 Å². The van der Waals surface area contributed by atoms with Crippen LogP contribution in [0.4, 0.5) is 0 Å². The van der Waals surface area contributed by atoms with Crippen LogP contribution in [0.2, 0.25) is 0 Å². The monoisotopic (exact) mass is 330 g/mol. The topological polar surface area (TPSA) is 40.5 Å². The van der Waals surface area contributed by atoms with E-state index in [4.69, 9.17) is 0 Å². The zero-order chi connectivity index (χ0) is 17.8. The van der Waals surface area contributed by atoms with Gasteiger partial charge in [-0.25, -0.2) is 0 Å². The van der Waals surface area contributed by atoms with E-state index in [1.807, 2.05) is 6.92 Å². The summed E-state index contributed by atoms with van der Waals surface area (Å²) >= 11 is 0. The number of phenols is 2. The molecule has 0 aliphatic rings. The van der Waals surface area contributed by atoms with Gasteiger partial charge in [0, 0.05) is 0 Å². The first-order valence-electron chi connectivity index (χ1n) is 9.45. The molecule has 0 saturated carbocycles. The van der Waals surface area contributed by atoms with Gasteiger partial charge in [0.2, 0.25) is 0 Å². The van der Waals surface area contributed by atoms with E-state index in [9.17, 15) is 10.2 Å². The minimum Gasteiger partial charge on any atom is -0.507 e. The number of rotatable bonds is 12. The minimum atomic E-state index is 0.108. The Morgan fingerprint density at radius 1 is 0.917 bits per heavy atom. The fraction of sp³-hybridized carbons (Fsp3) is 0.545. The van der Waals surface area contributed by atoms with Crippen molar-refractivity contribution in [3.8, 4) is 11.5 Å². The molecule has 0 atom stereocenters. The summed E-state index contributed by atoms with van der Waals surface area (Å²) in [5.41, 5.74) is 2.22.